The highest BCUT2D eigenvalue weighted by molar-refractivity contribution is 7.80. The van der Waals surface area contributed by atoms with Crippen molar-refractivity contribution < 1.29 is 4.74 Å². The fourth-order valence-electron chi connectivity index (χ4n) is 2.52. The first-order valence-corrected chi connectivity index (χ1v) is 9.82. The first-order valence-electron chi connectivity index (χ1n) is 8.53. The number of thiophene rings is 1. The van der Waals surface area contributed by atoms with Crippen molar-refractivity contribution in [1.29, 1.82) is 0 Å². The largest absolute Gasteiger partial charge is 0.372 e. The average Bonchev–Trinajstić information content (AvgIpc) is 3.20. The Morgan fingerprint density at radius 1 is 0.808 bits per heavy atom. The molecule has 0 aliphatic carbocycles. The van der Waals surface area contributed by atoms with Crippen LogP contribution in [0, 0.1) is 0 Å². The van der Waals surface area contributed by atoms with E-state index in [9.17, 15) is 0 Å². The lowest BCUT2D eigenvalue weighted by Gasteiger charge is -2.11. The summed E-state index contributed by atoms with van der Waals surface area (Å²) in [6, 6.07) is 22.7. The van der Waals surface area contributed by atoms with E-state index < -0.39 is 0 Å². The van der Waals surface area contributed by atoms with Gasteiger partial charge >= 0.3 is 0 Å². The van der Waals surface area contributed by atoms with Crippen molar-refractivity contribution in [2.45, 2.75) is 26.3 Å². The molecule has 134 valence electrons. The standard InChI is InChI=1S/C21H22N2OS2/c25-21(23-14-20-10-5-11-26-20)22-13-18-8-4-9-19(12-18)16-24-15-17-6-2-1-3-7-17/h1-12H,13-16H2,(H2,22,23,25). The van der Waals surface area contributed by atoms with Crippen molar-refractivity contribution in [2.24, 2.45) is 0 Å². The van der Waals surface area contributed by atoms with Gasteiger partial charge in [-0.3, -0.25) is 0 Å². The van der Waals surface area contributed by atoms with Crippen LogP contribution in [0.25, 0.3) is 0 Å². The van der Waals surface area contributed by atoms with Gasteiger partial charge in [-0.05, 0) is 40.4 Å². The van der Waals surface area contributed by atoms with Crippen LogP contribution in [0.2, 0.25) is 0 Å². The second kappa shape index (κ2) is 10.1. The molecular weight excluding hydrogens is 360 g/mol. The van der Waals surface area contributed by atoms with Gasteiger partial charge in [-0.15, -0.1) is 11.3 Å². The van der Waals surface area contributed by atoms with Crippen molar-refractivity contribution in [3.63, 3.8) is 0 Å². The van der Waals surface area contributed by atoms with Crippen molar-refractivity contribution in [1.82, 2.24) is 10.6 Å². The monoisotopic (exact) mass is 382 g/mol. The molecule has 3 nitrogen and oxygen atoms in total. The lowest BCUT2D eigenvalue weighted by Crippen LogP contribution is -2.34. The normalized spacial score (nSPS) is 10.5. The van der Waals surface area contributed by atoms with Gasteiger partial charge in [0.15, 0.2) is 5.11 Å². The Hall–Kier alpha value is -2.21. The Labute approximate surface area is 164 Å². The molecule has 1 heterocycles. The van der Waals surface area contributed by atoms with Crippen molar-refractivity contribution in [2.75, 3.05) is 0 Å². The zero-order valence-electron chi connectivity index (χ0n) is 14.5. The van der Waals surface area contributed by atoms with Crippen molar-refractivity contribution in [3.8, 4) is 0 Å². The molecule has 1 aromatic heterocycles. The first kappa shape index (κ1) is 18.6. The molecule has 26 heavy (non-hydrogen) atoms. The van der Waals surface area contributed by atoms with E-state index in [1.54, 1.807) is 11.3 Å². The minimum atomic E-state index is 0.601. The van der Waals surface area contributed by atoms with Crippen LogP contribution < -0.4 is 10.6 Å². The molecule has 3 aromatic rings. The summed E-state index contributed by atoms with van der Waals surface area (Å²) in [5, 5.41) is 9.22. The Kier molecular flexibility index (Phi) is 7.19. The maximum Gasteiger partial charge on any atom is 0.166 e. The Morgan fingerprint density at radius 3 is 2.35 bits per heavy atom. The van der Waals surface area contributed by atoms with Gasteiger partial charge in [0.1, 0.15) is 0 Å². The molecular formula is C21H22N2OS2. The highest BCUT2D eigenvalue weighted by Gasteiger charge is 2.00. The van der Waals surface area contributed by atoms with Crippen molar-refractivity contribution in [3.05, 3.63) is 93.7 Å². The van der Waals surface area contributed by atoms with Gasteiger partial charge in [-0.1, -0.05) is 60.7 Å². The van der Waals surface area contributed by atoms with Crippen molar-refractivity contribution >= 4 is 28.7 Å². The molecule has 3 rings (SSSR count). The fourth-order valence-corrected chi connectivity index (χ4v) is 3.30. The third-order valence-electron chi connectivity index (χ3n) is 3.83. The summed E-state index contributed by atoms with van der Waals surface area (Å²) in [5.74, 6) is 0. The summed E-state index contributed by atoms with van der Waals surface area (Å²) >= 11 is 7.06. The first-order chi connectivity index (χ1) is 12.8. The number of nitrogens with one attached hydrogen (secondary N) is 2. The van der Waals surface area contributed by atoms with Crippen LogP contribution in [0.1, 0.15) is 21.6 Å². The molecule has 0 aliphatic rings. The van der Waals surface area contributed by atoms with E-state index in [1.165, 1.54) is 16.0 Å². The van der Waals surface area contributed by atoms with Crippen LogP contribution in [-0.2, 0) is 31.0 Å². The molecule has 0 fully saturated rings. The van der Waals surface area contributed by atoms with Gasteiger partial charge in [0.05, 0.1) is 19.8 Å². The van der Waals surface area contributed by atoms with E-state index in [1.807, 2.05) is 24.3 Å². The maximum atomic E-state index is 5.81. The molecule has 2 N–H and O–H groups in total. The van der Waals surface area contributed by atoms with Crippen LogP contribution in [-0.4, -0.2) is 5.11 Å². The van der Waals surface area contributed by atoms with E-state index in [4.69, 9.17) is 17.0 Å². The summed E-state index contributed by atoms with van der Waals surface area (Å²) in [5.41, 5.74) is 3.54. The van der Waals surface area contributed by atoms with Crippen LogP contribution in [0.3, 0.4) is 0 Å². The van der Waals surface area contributed by atoms with Crippen LogP contribution in [0.15, 0.2) is 72.1 Å². The molecule has 0 saturated carbocycles. The van der Waals surface area contributed by atoms with Crippen LogP contribution in [0.4, 0.5) is 0 Å². The van der Waals surface area contributed by atoms with Gasteiger partial charge in [-0.25, -0.2) is 0 Å². The van der Waals surface area contributed by atoms with E-state index in [0.29, 0.717) is 24.9 Å². The number of hydrogen-bond acceptors (Lipinski definition) is 3. The molecule has 5 heteroatoms. The molecule has 2 aromatic carbocycles. The number of rotatable bonds is 8. The number of thiocarbonyl (C=S) groups is 1. The van der Waals surface area contributed by atoms with Gasteiger partial charge in [0.2, 0.25) is 0 Å². The Morgan fingerprint density at radius 2 is 1.54 bits per heavy atom. The molecule has 0 spiro atoms. The van der Waals surface area contributed by atoms with Gasteiger partial charge in [0.25, 0.3) is 0 Å². The van der Waals surface area contributed by atoms with E-state index >= 15 is 0 Å². The Bertz CT molecular complexity index is 804. The second-order valence-electron chi connectivity index (χ2n) is 5.91. The zero-order valence-corrected chi connectivity index (χ0v) is 16.1. The second-order valence-corrected chi connectivity index (χ2v) is 7.35. The van der Waals surface area contributed by atoms with E-state index in [-0.39, 0.29) is 0 Å². The van der Waals surface area contributed by atoms with E-state index in [2.05, 4.69) is 58.5 Å². The summed E-state index contributed by atoms with van der Waals surface area (Å²) in [4.78, 5) is 1.27. The summed E-state index contributed by atoms with van der Waals surface area (Å²) < 4.78 is 5.81. The third kappa shape index (κ3) is 6.26. The molecule has 0 amide bonds. The molecule has 0 aliphatic heterocycles. The van der Waals surface area contributed by atoms with E-state index in [0.717, 1.165) is 12.1 Å². The van der Waals surface area contributed by atoms with Gasteiger partial charge in [-0.2, -0.15) is 0 Å². The quantitative estimate of drug-likeness (QED) is 0.557. The average molecular weight is 383 g/mol. The minimum Gasteiger partial charge on any atom is -0.372 e. The predicted molar refractivity (Wildman–Crippen MR) is 112 cm³/mol. The molecule has 0 bridgehead atoms. The predicted octanol–water partition coefficient (Wildman–Crippen LogP) is 4.63. The Balaban J connectivity index is 1.41. The lowest BCUT2D eigenvalue weighted by atomic mass is 10.1. The van der Waals surface area contributed by atoms with Crippen LogP contribution >= 0.6 is 23.6 Å². The summed E-state index contributed by atoms with van der Waals surface area (Å²) in [7, 11) is 0. The lowest BCUT2D eigenvalue weighted by molar-refractivity contribution is 0.107. The molecule has 0 atom stereocenters. The topological polar surface area (TPSA) is 33.3 Å². The molecule has 0 unspecified atom stereocenters. The van der Waals surface area contributed by atoms with Gasteiger partial charge in [0, 0.05) is 11.4 Å². The highest BCUT2D eigenvalue weighted by Crippen LogP contribution is 2.09. The van der Waals surface area contributed by atoms with Gasteiger partial charge < -0.3 is 15.4 Å². The fraction of sp³-hybridized carbons (Fsp3) is 0.190. The maximum absolute atomic E-state index is 5.81. The van der Waals surface area contributed by atoms with Crippen LogP contribution in [0.5, 0.6) is 0 Å². The third-order valence-corrected chi connectivity index (χ3v) is 4.99. The summed E-state index contributed by atoms with van der Waals surface area (Å²) in [6.45, 7) is 2.68. The zero-order chi connectivity index (χ0) is 18.0. The number of hydrogen-bond donors (Lipinski definition) is 2. The number of benzene rings is 2. The number of ether oxygens (including phenoxy) is 1. The molecule has 0 radical (unpaired) electrons. The summed E-state index contributed by atoms with van der Waals surface area (Å²) in [6.07, 6.45) is 0. The molecule has 0 saturated heterocycles. The SMILES string of the molecule is S=C(NCc1cccc(COCc2ccccc2)c1)NCc1cccs1. The smallest absolute Gasteiger partial charge is 0.166 e. The minimum absolute atomic E-state index is 0.601. The highest BCUT2D eigenvalue weighted by atomic mass is 32.1.